The van der Waals surface area contributed by atoms with E-state index in [2.05, 4.69) is 28.6 Å². The van der Waals surface area contributed by atoms with Gasteiger partial charge in [-0.05, 0) is 37.5 Å². The van der Waals surface area contributed by atoms with Gasteiger partial charge in [0.25, 0.3) is 0 Å². The Morgan fingerprint density at radius 2 is 1.94 bits per heavy atom. The lowest BCUT2D eigenvalue weighted by Crippen LogP contribution is -2.52. The van der Waals surface area contributed by atoms with Crippen LogP contribution in [0.5, 0.6) is 5.75 Å². The molecule has 34 heavy (non-hydrogen) atoms. The van der Waals surface area contributed by atoms with Gasteiger partial charge < -0.3 is 25.1 Å². The van der Waals surface area contributed by atoms with Crippen LogP contribution in [0.15, 0.2) is 48.7 Å². The largest absolute Gasteiger partial charge is 0.496 e. The summed E-state index contributed by atoms with van der Waals surface area (Å²) in [5.41, 5.74) is 3.93. The molecule has 3 aromatic rings. The number of aromatic amines is 1. The summed E-state index contributed by atoms with van der Waals surface area (Å²) in [6.07, 6.45) is 3.87. The van der Waals surface area contributed by atoms with Crippen LogP contribution in [0.3, 0.4) is 0 Å². The first kappa shape index (κ1) is 23.8. The molecule has 2 amide bonds. The highest BCUT2D eigenvalue weighted by Crippen LogP contribution is 2.40. The van der Waals surface area contributed by atoms with Crippen molar-refractivity contribution in [1.82, 2.24) is 15.6 Å². The van der Waals surface area contributed by atoms with Crippen LogP contribution >= 0.6 is 0 Å². The Morgan fingerprint density at radius 1 is 1.18 bits per heavy atom. The average molecular weight is 464 g/mol. The molecule has 0 spiro atoms. The van der Waals surface area contributed by atoms with E-state index in [-0.39, 0.29) is 17.2 Å². The minimum Gasteiger partial charge on any atom is -0.496 e. The van der Waals surface area contributed by atoms with E-state index in [1.54, 1.807) is 7.11 Å². The van der Waals surface area contributed by atoms with Gasteiger partial charge in [0.2, 0.25) is 11.8 Å². The number of carbonyl (C=O) groups is 2. The number of fused-ring (bicyclic) bond motifs is 1. The fourth-order valence-electron chi connectivity index (χ4n) is 4.89. The van der Waals surface area contributed by atoms with E-state index in [0.29, 0.717) is 26.2 Å². The van der Waals surface area contributed by atoms with E-state index in [1.807, 2.05) is 42.6 Å². The number of aromatic nitrogens is 1. The second-order valence-corrected chi connectivity index (χ2v) is 9.13. The van der Waals surface area contributed by atoms with Gasteiger partial charge in [0, 0.05) is 61.2 Å². The molecule has 1 fully saturated rings. The van der Waals surface area contributed by atoms with Crippen LogP contribution in [0.25, 0.3) is 10.9 Å². The number of para-hydroxylation sites is 1. The molecule has 0 saturated carbocycles. The third-order valence-corrected chi connectivity index (χ3v) is 6.77. The van der Waals surface area contributed by atoms with E-state index in [1.165, 1.54) is 6.92 Å². The Labute approximate surface area is 200 Å². The molecule has 1 unspecified atom stereocenters. The maximum Gasteiger partial charge on any atom is 0.242 e. The summed E-state index contributed by atoms with van der Waals surface area (Å²) in [7, 11) is 1.67. The molecule has 0 radical (unpaired) electrons. The van der Waals surface area contributed by atoms with Crippen LogP contribution in [0, 0.1) is 6.92 Å². The first-order valence-electron chi connectivity index (χ1n) is 11.7. The van der Waals surface area contributed by atoms with Crippen molar-refractivity contribution in [2.75, 3.05) is 26.9 Å². The van der Waals surface area contributed by atoms with Gasteiger partial charge in [-0.1, -0.05) is 35.9 Å². The van der Waals surface area contributed by atoms with Crippen LogP contribution < -0.4 is 15.4 Å². The third kappa shape index (κ3) is 5.09. The number of aryl methyl sites for hydroxylation is 1. The summed E-state index contributed by atoms with van der Waals surface area (Å²) in [5, 5.41) is 7.05. The zero-order valence-electron chi connectivity index (χ0n) is 20.1. The van der Waals surface area contributed by atoms with Crippen LogP contribution in [0.4, 0.5) is 0 Å². The summed E-state index contributed by atoms with van der Waals surface area (Å²) in [4.78, 5) is 28.6. The SMILES string of the molecule is COc1ccc(C)cc1C1(CNC(=O)C(Cc2c[nH]c3ccccc23)NC(C)=O)CCOCC1. The molecule has 7 heteroatoms. The Kier molecular flexibility index (Phi) is 7.22. The molecule has 180 valence electrons. The summed E-state index contributed by atoms with van der Waals surface area (Å²) in [5.74, 6) is 0.387. The topological polar surface area (TPSA) is 92.5 Å². The maximum atomic E-state index is 13.4. The zero-order chi connectivity index (χ0) is 24.1. The highest BCUT2D eigenvalue weighted by molar-refractivity contribution is 5.89. The number of hydrogen-bond donors (Lipinski definition) is 3. The molecule has 1 atom stereocenters. The van der Waals surface area contributed by atoms with Crippen molar-refractivity contribution in [3.63, 3.8) is 0 Å². The monoisotopic (exact) mass is 463 g/mol. The van der Waals surface area contributed by atoms with E-state index in [0.717, 1.165) is 46.2 Å². The number of carbonyl (C=O) groups excluding carboxylic acids is 2. The molecular weight excluding hydrogens is 430 g/mol. The maximum absolute atomic E-state index is 13.4. The normalized spacial score (nSPS) is 16.1. The van der Waals surface area contributed by atoms with E-state index in [4.69, 9.17) is 9.47 Å². The number of benzene rings is 2. The number of nitrogens with one attached hydrogen (secondary N) is 3. The van der Waals surface area contributed by atoms with Crippen molar-refractivity contribution in [2.45, 2.75) is 44.6 Å². The molecule has 1 aromatic heterocycles. The first-order chi connectivity index (χ1) is 16.4. The lowest BCUT2D eigenvalue weighted by atomic mass is 9.73. The summed E-state index contributed by atoms with van der Waals surface area (Å²) in [6.45, 7) is 5.18. The molecule has 1 saturated heterocycles. The van der Waals surface area contributed by atoms with Crippen molar-refractivity contribution >= 4 is 22.7 Å². The molecule has 4 rings (SSSR count). The molecule has 0 aliphatic carbocycles. The molecule has 1 aliphatic rings. The van der Waals surface area contributed by atoms with Crippen molar-refractivity contribution in [3.05, 3.63) is 65.4 Å². The van der Waals surface area contributed by atoms with Crippen molar-refractivity contribution in [2.24, 2.45) is 0 Å². The van der Waals surface area contributed by atoms with Gasteiger partial charge in [0.1, 0.15) is 11.8 Å². The van der Waals surface area contributed by atoms with Crippen LogP contribution in [-0.2, 0) is 26.2 Å². The minimum atomic E-state index is -0.673. The zero-order valence-corrected chi connectivity index (χ0v) is 20.1. The predicted octanol–water partition coefficient (Wildman–Crippen LogP) is 3.40. The summed E-state index contributed by atoms with van der Waals surface area (Å²) >= 11 is 0. The fourth-order valence-corrected chi connectivity index (χ4v) is 4.89. The summed E-state index contributed by atoms with van der Waals surface area (Å²) < 4.78 is 11.3. The van der Waals surface area contributed by atoms with Gasteiger partial charge in [0.05, 0.1) is 7.11 Å². The molecule has 7 nitrogen and oxygen atoms in total. The first-order valence-corrected chi connectivity index (χ1v) is 11.7. The number of hydrogen-bond acceptors (Lipinski definition) is 4. The number of ether oxygens (including phenoxy) is 2. The quantitative estimate of drug-likeness (QED) is 0.477. The standard InChI is InChI=1S/C27H33N3O4/c1-18-8-9-25(33-3)22(14-18)27(10-12-34-13-11-27)17-29-26(32)24(30-19(2)31)15-20-16-28-23-7-5-4-6-21(20)23/h4-9,14,16,24,28H,10-13,15,17H2,1-3H3,(H,29,32)(H,30,31). The Hall–Kier alpha value is -3.32. The highest BCUT2D eigenvalue weighted by Gasteiger charge is 2.38. The fraction of sp³-hybridized carbons (Fsp3) is 0.407. The number of rotatable bonds is 8. The van der Waals surface area contributed by atoms with Gasteiger partial charge in [0.15, 0.2) is 0 Å². The Bertz CT molecular complexity index is 1160. The number of H-pyrrole nitrogens is 1. The van der Waals surface area contributed by atoms with Crippen LogP contribution in [0.1, 0.15) is 36.5 Å². The molecule has 1 aliphatic heterocycles. The molecule has 3 N–H and O–H groups in total. The van der Waals surface area contributed by atoms with Crippen molar-refractivity contribution in [1.29, 1.82) is 0 Å². The van der Waals surface area contributed by atoms with E-state index in [9.17, 15) is 9.59 Å². The predicted molar refractivity (Wildman–Crippen MR) is 132 cm³/mol. The molecule has 2 heterocycles. The van der Waals surface area contributed by atoms with Crippen LogP contribution in [-0.4, -0.2) is 49.7 Å². The van der Waals surface area contributed by atoms with Gasteiger partial charge >= 0.3 is 0 Å². The van der Waals surface area contributed by atoms with Crippen molar-refractivity contribution in [3.8, 4) is 5.75 Å². The second kappa shape index (κ2) is 10.3. The van der Waals surface area contributed by atoms with Gasteiger partial charge in [-0.25, -0.2) is 0 Å². The van der Waals surface area contributed by atoms with Crippen molar-refractivity contribution < 1.29 is 19.1 Å². The van der Waals surface area contributed by atoms with Gasteiger partial charge in [-0.3, -0.25) is 9.59 Å². The number of amides is 2. The van der Waals surface area contributed by atoms with Gasteiger partial charge in [-0.2, -0.15) is 0 Å². The Morgan fingerprint density at radius 3 is 2.68 bits per heavy atom. The highest BCUT2D eigenvalue weighted by atomic mass is 16.5. The lowest BCUT2D eigenvalue weighted by molar-refractivity contribution is -0.128. The lowest BCUT2D eigenvalue weighted by Gasteiger charge is -2.39. The average Bonchev–Trinajstić information content (AvgIpc) is 3.25. The van der Waals surface area contributed by atoms with Crippen LogP contribution in [0.2, 0.25) is 0 Å². The van der Waals surface area contributed by atoms with E-state index < -0.39 is 6.04 Å². The van der Waals surface area contributed by atoms with Gasteiger partial charge in [-0.15, -0.1) is 0 Å². The smallest absolute Gasteiger partial charge is 0.242 e. The molecule has 0 bridgehead atoms. The van der Waals surface area contributed by atoms with E-state index >= 15 is 0 Å². The third-order valence-electron chi connectivity index (χ3n) is 6.77. The molecule has 2 aromatic carbocycles. The number of methoxy groups -OCH3 is 1. The molecular formula is C27H33N3O4. The minimum absolute atomic E-state index is 0.196. The summed E-state index contributed by atoms with van der Waals surface area (Å²) in [6, 6.07) is 13.4. The second-order valence-electron chi connectivity index (χ2n) is 9.13. The Balaban J connectivity index is 1.56.